The highest BCUT2D eigenvalue weighted by atomic mass is 16.5. The Morgan fingerprint density at radius 1 is 1.17 bits per heavy atom. The SMILES string of the molecule is CCCNC(=O)[C@@H]1[C@H]2C(=O)N([C@@H](CO)CC(C)C)C(C(=O)NCc3ccccc3)C23CC[C@@]1(C)O3. The van der Waals surface area contributed by atoms with Gasteiger partial charge in [0, 0.05) is 13.1 Å². The van der Waals surface area contributed by atoms with Crippen LogP contribution in [0.5, 0.6) is 0 Å². The molecule has 0 saturated carbocycles. The number of amides is 3. The molecule has 3 saturated heterocycles. The summed E-state index contributed by atoms with van der Waals surface area (Å²) in [4.78, 5) is 42.7. The van der Waals surface area contributed by atoms with Crippen LogP contribution in [0.25, 0.3) is 0 Å². The number of aliphatic hydroxyl groups excluding tert-OH is 1. The minimum absolute atomic E-state index is 0.191. The second-order valence-electron chi connectivity index (χ2n) is 10.9. The molecule has 3 amide bonds. The Balaban J connectivity index is 1.70. The zero-order valence-electron chi connectivity index (χ0n) is 21.3. The molecule has 2 unspecified atom stereocenters. The van der Waals surface area contributed by atoms with Gasteiger partial charge in [0.2, 0.25) is 17.7 Å². The van der Waals surface area contributed by atoms with Gasteiger partial charge in [0.05, 0.1) is 30.1 Å². The van der Waals surface area contributed by atoms with Crippen molar-refractivity contribution in [3.8, 4) is 0 Å². The Labute approximate surface area is 207 Å². The van der Waals surface area contributed by atoms with Crippen LogP contribution in [-0.2, 0) is 25.7 Å². The molecule has 1 aromatic carbocycles. The molecule has 4 rings (SSSR count). The zero-order valence-corrected chi connectivity index (χ0v) is 21.3. The number of carbonyl (C=O) groups is 3. The molecule has 8 nitrogen and oxygen atoms in total. The van der Waals surface area contributed by atoms with Crippen molar-refractivity contribution in [3.63, 3.8) is 0 Å². The normalized spacial score (nSPS) is 32.1. The molecule has 3 fully saturated rings. The van der Waals surface area contributed by atoms with E-state index >= 15 is 0 Å². The Morgan fingerprint density at radius 3 is 2.51 bits per heavy atom. The molecular weight excluding hydrogens is 446 g/mol. The van der Waals surface area contributed by atoms with E-state index in [1.807, 2.05) is 58.0 Å². The number of benzene rings is 1. The predicted molar refractivity (Wildman–Crippen MR) is 131 cm³/mol. The number of hydrogen-bond acceptors (Lipinski definition) is 5. The van der Waals surface area contributed by atoms with Crippen LogP contribution in [0.15, 0.2) is 30.3 Å². The Kier molecular flexibility index (Phi) is 7.25. The topological polar surface area (TPSA) is 108 Å². The fourth-order valence-corrected chi connectivity index (χ4v) is 6.52. The van der Waals surface area contributed by atoms with Crippen LogP contribution in [0, 0.1) is 17.8 Å². The van der Waals surface area contributed by atoms with Crippen LogP contribution in [0.3, 0.4) is 0 Å². The summed E-state index contributed by atoms with van der Waals surface area (Å²) in [6, 6.07) is 8.18. The Bertz CT molecular complexity index is 953. The molecule has 1 spiro atoms. The molecule has 3 N–H and O–H groups in total. The molecule has 0 aromatic heterocycles. The third-order valence-electron chi connectivity index (χ3n) is 7.95. The molecule has 3 aliphatic heterocycles. The summed E-state index contributed by atoms with van der Waals surface area (Å²) in [5.74, 6) is -1.95. The van der Waals surface area contributed by atoms with Gasteiger partial charge in [-0.15, -0.1) is 0 Å². The largest absolute Gasteiger partial charge is 0.394 e. The second kappa shape index (κ2) is 9.90. The first-order valence-corrected chi connectivity index (χ1v) is 12.9. The molecule has 0 radical (unpaired) electrons. The lowest BCUT2D eigenvalue weighted by atomic mass is 9.66. The summed E-state index contributed by atoms with van der Waals surface area (Å²) in [7, 11) is 0. The van der Waals surface area contributed by atoms with Crippen molar-refractivity contribution in [2.75, 3.05) is 13.2 Å². The van der Waals surface area contributed by atoms with Gasteiger partial charge in [0.15, 0.2) is 0 Å². The third-order valence-corrected chi connectivity index (χ3v) is 7.95. The van der Waals surface area contributed by atoms with Crippen LogP contribution >= 0.6 is 0 Å². The van der Waals surface area contributed by atoms with Crippen LogP contribution in [0.4, 0.5) is 0 Å². The monoisotopic (exact) mass is 485 g/mol. The molecule has 2 bridgehead atoms. The number of likely N-dealkylation sites (tertiary alicyclic amines) is 1. The van der Waals surface area contributed by atoms with Gasteiger partial charge in [0.25, 0.3) is 0 Å². The number of hydrogen-bond donors (Lipinski definition) is 3. The van der Waals surface area contributed by atoms with Gasteiger partial charge < -0.3 is 25.4 Å². The number of nitrogens with one attached hydrogen (secondary N) is 2. The second-order valence-corrected chi connectivity index (χ2v) is 10.9. The fraction of sp³-hybridized carbons (Fsp3) is 0.667. The lowest BCUT2D eigenvalue weighted by Gasteiger charge is -2.37. The smallest absolute Gasteiger partial charge is 0.246 e. The first-order chi connectivity index (χ1) is 16.7. The van der Waals surface area contributed by atoms with Crippen molar-refractivity contribution >= 4 is 17.7 Å². The van der Waals surface area contributed by atoms with Gasteiger partial charge in [0.1, 0.15) is 11.6 Å². The Morgan fingerprint density at radius 2 is 1.89 bits per heavy atom. The maximum Gasteiger partial charge on any atom is 0.246 e. The summed E-state index contributed by atoms with van der Waals surface area (Å²) in [6.07, 6.45) is 2.47. The molecule has 3 aliphatic rings. The highest BCUT2D eigenvalue weighted by Crippen LogP contribution is 2.63. The van der Waals surface area contributed by atoms with Crippen molar-refractivity contribution < 1.29 is 24.2 Å². The summed E-state index contributed by atoms with van der Waals surface area (Å²) < 4.78 is 6.61. The molecule has 192 valence electrons. The van der Waals surface area contributed by atoms with Crippen molar-refractivity contribution in [1.82, 2.24) is 15.5 Å². The van der Waals surface area contributed by atoms with Gasteiger partial charge in [-0.2, -0.15) is 0 Å². The van der Waals surface area contributed by atoms with Crippen molar-refractivity contribution in [2.45, 2.75) is 83.2 Å². The first kappa shape index (κ1) is 25.6. The molecular formula is C27H39N3O5. The molecule has 6 atom stereocenters. The van der Waals surface area contributed by atoms with E-state index in [1.165, 1.54) is 0 Å². The molecule has 3 heterocycles. The van der Waals surface area contributed by atoms with Gasteiger partial charge >= 0.3 is 0 Å². The number of nitrogens with zero attached hydrogens (tertiary/aromatic N) is 1. The number of rotatable bonds is 10. The van der Waals surface area contributed by atoms with E-state index in [0.29, 0.717) is 32.4 Å². The van der Waals surface area contributed by atoms with E-state index in [2.05, 4.69) is 10.6 Å². The van der Waals surface area contributed by atoms with E-state index in [9.17, 15) is 19.5 Å². The van der Waals surface area contributed by atoms with Crippen molar-refractivity contribution in [2.24, 2.45) is 17.8 Å². The van der Waals surface area contributed by atoms with Crippen LogP contribution in [0.1, 0.15) is 58.9 Å². The lowest BCUT2D eigenvalue weighted by molar-refractivity contribution is -0.150. The van der Waals surface area contributed by atoms with E-state index in [0.717, 1.165) is 12.0 Å². The average Bonchev–Trinajstić information content (AvgIpc) is 3.40. The van der Waals surface area contributed by atoms with Crippen LogP contribution < -0.4 is 10.6 Å². The van der Waals surface area contributed by atoms with E-state index in [-0.39, 0.29) is 30.2 Å². The van der Waals surface area contributed by atoms with Crippen molar-refractivity contribution in [3.05, 3.63) is 35.9 Å². The summed E-state index contributed by atoms with van der Waals surface area (Å²) in [6.45, 7) is 8.52. The highest BCUT2D eigenvalue weighted by Gasteiger charge is 2.78. The molecule has 1 aromatic rings. The quantitative estimate of drug-likeness (QED) is 0.470. The van der Waals surface area contributed by atoms with Gasteiger partial charge in [-0.3, -0.25) is 14.4 Å². The minimum Gasteiger partial charge on any atom is -0.394 e. The summed E-state index contributed by atoms with van der Waals surface area (Å²) in [5, 5.41) is 16.3. The van der Waals surface area contributed by atoms with E-state index < -0.39 is 35.1 Å². The molecule has 0 aliphatic carbocycles. The summed E-state index contributed by atoms with van der Waals surface area (Å²) >= 11 is 0. The molecule has 35 heavy (non-hydrogen) atoms. The van der Waals surface area contributed by atoms with Gasteiger partial charge in [-0.05, 0) is 44.1 Å². The number of ether oxygens (including phenoxy) is 1. The van der Waals surface area contributed by atoms with E-state index in [1.54, 1.807) is 4.90 Å². The number of aliphatic hydroxyl groups is 1. The standard InChI is InChI=1S/C27H39N3O5/c1-5-13-28-23(32)20-21-25(34)30(19(16-31)14-17(2)3)22(27(21)12-11-26(20,4)35-27)24(33)29-15-18-9-7-6-8-10-18/h6-10,17,19-22,31H,5,11-16H2,1-4H3,(H,28,32)(H,29,33)/t19-,20+,21+,22?,26-,27?/m1/s1. The summed E-state index contributed by atoms with van der Waals surface area (Å²) in [5.41, 5.74) is -0.924. The minimum atomic E-state index is -1.08. The van der Waals surface area contributed by atoms with Crippen molar-refractivity contribution in [1.29, 1.82) is 0 Å². The number of fused-ring (bicyclic) bond motifs is 1. The molecule has 8 heteroatoms. The van der Waals surface area contributed by atoms with Crippen LogP contribution in [0.2, 0.25) is 0 Å². The third kappa shape index (κ3) is 4.35. The number of carbonyl (C=O) groups excluding carboxylic acids is 3. The average molecular weight is 486 g/mol. The fourth-order valence-electron chi connectivity index (χ4n) is 6.52. The Hall–Kier alpha value is -2.45. The predicted octanol–water partition coefficient (Wildman–Crippen LogP) is 2.00. The lowest BCUT2D eigenvalue weighted by Crippen LogP contribution is -2.58. The maximum atomic E-state index is 14.0. The van der Waals surface area contributed by atoms with Gasteiger partial charge in [-0.25, -0.2) is 0 Å². The van der Waals surface area contributed by atoms with E-state index in [4.69, 9.17) is 4.74 Å². The van der Waals surface area contributed by atoms with Gasteiger partial charge in [-0.1, -0.05) is 51.1 Å². The maximum absolute atomic E-state index is 14.0. The highest BCUT2D eigenvalue weighted by molar-refractivity contribution is 5.99. The zero-order chi connectivity index (χ0) is 25.4. The first-order valence-electron chi connectivity index (χ1n) is 12.9. The van der Waals surface area contributed by atoms with Crippen LogP contribution in [-0.4, -0.2) is 64.2 Å².